The molecule has 0 bridgehead atoms. The summed E-state index contributed by atoms with van der Waals surface area (Å²) in [4.78, 5) is 31.2. The molecule has 0 aliphatic carbocycles. The molecule has 138 valence electrons. The summed E-state index contributed by atoms with van der Waals surface area (Å²) >= 11 is 0. The van der Waals surface area contributed by atoms with Crippen molar-refractivity contribution < 1.29 is 9.59 Å². The lowest BCUT2D eigenvalue weighted by Gasteiger charge is -2.21. The second-order valence-corrected chi connectivity index (χ2v) is 6.49. The Morgan fingerprint density at radius 3 is 2.35 bits per heavy atom. The summed E-state index contributed by atoms with van der Waals surface area (Å²) in [6.07, 6.45) is 3.31. The summed E-state index contributed by atoms with van der Waals surface area (Å²) in [6.45, 7) is 9.46. The van der Waals surface area contributed by atoms with Gasteiger partial charge in [-0.3, -0.25) is 14.6 Å². The Bertz CT molecular complexity index is 781. The quantitative estimate of drug-likeness (QED) is 0.811. The molecule has 1 aromatic heterocycles. The molecule has 1 N–H and O–H groups in total. The molecule has 2 rings (SSSR count). The molecule has 5 nitrogen and oxygen atoms in total. The van der Waals surface area contributed by atoms with Crippen LogP contribution in [-0.2, 0) is 0 Å². The number of hydrogen-bond donors (Lipinski definition) is 1. The van der Waals surface area contributed by atoms with Gasteiger partial charge in [0.1, 0.15) is 5.69 Å². The van der Waals surface area contributed by atoms with E-state index in [0.717, 1.165) is 29.7 Å². The summed E-state index contributed by atoms with van der Waals surface area (Å²) < 4.78 is 0. The van der Waals surface area contributed by atoms with Crippen LogP contribution < -0.4 is 5.32 Å². The van der Waals surface area contributed by atoms with Gasteiger partial charge in [0.15, 0.2) is 0 Å². The lowest BCUT2D eigenvalue weighted by atomic mass is 10.1. The zero-order chi connectivity index (χ0) is 19.1. The summed E-state index contributed by atoms with van der Waals surface area (Å²) in [7, 11) is 0. The first-order valence-electron chi connectivity index (χ1n) is 9.10. The molecule has 0 saturated carbocycles. The Morgan fingerprint density at radius 2 is 1.73 bits per heavy atom. The standard InChI is InChI=1S/C21H27N3O2/c1-5-11-24(12-6-2)21(26)17-9-10-22-19(14-17)20(25)23-18-8-7-15(3)13-16(18)4/h7-10,13-14H,5-6,11-12H2,1-4H3,(H,23,25). The smallest absolute Gasteiger partial charge is 0.274 e. The van der Waals surface area contributed by atoms with Crippen molar-refractivity contribution in [3.8, 4) is 0 Å². The second kappa shape index (κ2) is 9.13. The van der Waals surface area contributed by atoms with Gasteiger partial charge in [0.2, 0.25) is 0 Å². The summed E-state index contributed by atoms with van der Waals surface area (Å²) in [5.74, 6) is -0.374. The van der Waals surface area contributed by atoms with Crippen molar-refractivity contribution in [3.05, 3.63) is 58.9 Å². The highest BCUT2D eigenvalue weighted by atomic mass is 16.2. The molecule has 0 radical (unpaired) electrons. The van der Waals surface area contributed by atoms with E-state index in [4.69, 9.17) is 0 Å². The number of pyridine rings is 1. The van der Waals surface area contributed by atoms with E-state index in [0.29, 0.717) is 18.7 Å². The molecular weight excluding hydrogens is 326 g/mol. The third kappa shape index (κ3) is 4.91. The van der Waals surface area contributed by atoms with Crippen LogP contribution in [0.2, 0.25) is 0 Å². The summed E-state index contributed by atoms with van der Waals surface area (Å²) in [6, 6.07) is 9.07. The van der Waals surface area contributed by atoms with E-state index in [1.165, 1.54) is 6.20 Å². The van der Waals surface area contributed by atoms with Crippen LogP contribution in [0, 0.1) is 13.8 Å². The van der Waals surface area contributed by atoms with E-state index < -0.39 is 0 Å². The molecule has 0 atom stereocenters. The van der Waals surface area contributed by atoms with Gasteiger partial charge >= 0.3 is 0 Å². The SMILES string of the molecule is CCCN(CCC)C(=O)c1ccnc(C(=O)Nc2ccc(C)cc2C)c1. The monoisotopic (exact) mass is 353 g/mol. The largest absolute Gasteiger partial charge is 0.339 e. The van der Waals surface area contributed by atoms with E-state index in [1.807, 2.05) is 50.8 Å². The molecule has 0 fully saturated rings. The molecule has 0 aliphatic rings. The number of anilines is 1. The molecule has 1 aromatic carbocycles. The van der Waals surface area contributed by atoms with Crippen LogP contribution in [0.1, 0.15) is 58.7 Å². The third-order valence-electron chi connectivity index (χ3n) is 4.14. The number of nitrogens with one attached hydrogen (secondary N) is 1. The van der Waals surface area contributed by atoms with Crippen molar-refractivity contribution in [1.29, 1.82) is 0 Å². The zero-order valence-corrected chi connectivity index (χ0v) is 16.0. The van der Waals surface area contributed by atoms with Gasteiger partial charge in [-0.15, -0.1) is 0 Å². The zero-order valence-electron chi connectivity index (χ0n) is 16.0. The average molecular weight is 353 g/mol. The summed E-state index contributed by atoms with van der Waals surface area (Å²) in [5, 5.41) is 2.87. The van der Waals surface area contributed by atoms with Gasteiger partial charge in [-0.2, -0.15) is 0 Å². The number of rotatable bonds is 7. The number of aryl methyl sites for hydroxylation is 2. The maximum atomic E-state index is 12.7. The van der Waals surface area contributed by atoms with Crippen molar-refractivity contribution in [2.45, 2.75) is 40.5 Å². The first-order chi connectivity index (χ1) is 12.5. The Morgan fingerprint density at radius 1 is 1.04 bits per heavy atom. The van der Waals surface area contributed by atoms with Gasteiger partial charge < -0.3 is 10.2 Å². The van der Waals surface area contributed by atoms with Crippen LogP contribution in [0.15, 0.2) is 36.5 Å². The van der Waals surface area contributed by atoms with Gasteiger partial charge in [-0.05, 0) is 50.5 Å². The molecule has 0 spiro atoms. The van der Waals surface area contributed by atoms with E-state index in [1.54, 1.807) is 12.1 Å². The third-order valence-corrected chi connectivity index (χ3v) is 4.14. The van der Waals surface area contributed by atoms with E-state index in [2.05, 4.69) is 10.3 Å². The van der Waals surface area contributed by atoms with Crippen LogP contribution in [-0.4, -0.2) is 34.8 Å². The molecular formula is C21H27N3O2. The lowest BCUT2D eigenvalue weighted by Crippen LogP contribution is -2.32. The maximum Gasteiger partial charge on any atom is 0.274 e. The highest BCUT2D eigenvalue weighted by molar-refractivity contribution is 6.05. The fourth-order valence-corrected chi connectivity index (χ4v) is 2.87. The second-order valence-electron chi connectivity index (χ2n) is 6.49. The first kappa shape index (κ1) is 19.6. The van der Waals surface area contributed by atoms with Gasteiger partial charge in [-0.1, -0.05) is 31.5 Å². The van der Waals surface area contributed by atoms with Gasteiger partial charge in [0, 0.05) is 30.5 Å². The lowest BCUT2D eigenvalue weighted by molar-refractivity contribution is 0.0755. The topological polar surface area (TPSA) is 62.3 Å². The molecule has 26 heavy (non-hydrogen) atoms. The molecule has 5 heteroatoms. The van der Waals surface area contributed by atoms with Crippen LogP contribution in [0.5, 0.6) is 0 Å². The van der Waals surface area contributed by atoms with Crippen molar-refractivity contribution in [3.63, 3.8) is 0 Å². The van der Waals surface area contributed by atoms with Crippen molar-refractivity contribution >= 4 is 17.5 Å². The Hall–Kier alpha value is -2.69. The van der Waals surface area contributed by atoms with Gasteiger partial charge in [0.25, 0.3) is 11.8 Å². The number of benzene rings is 1. The van der Waals surface area contributed by atoms with Crippen LogP contribution >= 0.6 is 0 Å². The number of nitrogens with zero attached hydrogens (tertiary/aromatic N) is 2. The fraction of sp³-hybridized carbons (Fsp3) is 0.381. The molecule has 2 amide bonds. The summed E-state index contributed by atoms with van der Waals surface area (Å²) in [5.41, 5.74) is 3.61. The number of aromatic nitrogens is 1. The Labute approximate surface area is 155 Å². The normalized spacial score (nSPS) is 10.5. The maximum absolute atomic E-state index is 12.7. The predicted molar refractivity (Wildman–Crippen MR) is 105 cm³/mol. The number of amides is 2. The minimum atomic E-state index is -0.316. The number of carbonyl (C=O) groups is 2. The van der Waals surface area contributed by atoms with Gasteiger partial charge in [0.05, 0.1) is 0 Å². The molecule has 0 unspecified atom stereocenters. The Kier molecular flexibility index (Phi) is 6.89. The predicted octanol–water partition coefficient (Wildman–Crippen LogP) is 4.21. The molecule has 0 aliphatic heterocycles. The molecule has 1 heterocycles. The van der Waals surface area contributed by atoms with Gasteiger partial charge in [-0.25, -0.2) is 0 Å². The van der Waals surface area contributed by atoms with Crippen LogP contribution in [0.25, 0.3) is 0 Å². The highest BCUT2D eigenvalue weighted by Gasteiger charge is 2.17. The Balaban J connectivity index is 2.19. The minimum absolute atomic E-state index is 0.0586. The highest BCUT2D eigenvalue weighted by Crippen LogP contribution is 2.17. The fourth-order valence-electron chi connectivity index (χ4n) is 2.87. The molecule has 0 saturated heterocycles. The van der Waals surface area contributed by atoms with E-state index in [-0.39, 0.29) is 17.5 Å². The van der Waals surface area contributed by atoms with E-state index >= 15 is 0 Å². The van der Waals surface area contributed by atoms with Crippen molar-refractivity contribution in [1.82, 2.24) is 9.88 Å². The average Bonchev–Trinajstić information content (AvgIpc) is 2.63. The number of carbonyl (C=O) groups excluding carboxylic acids is 2. The molecule has 2 aromatic rings. The van der Waals surface area contributed by atoms with Crippen molar-refractivity contribution in [2.24, 2.45) is 0 Å². The van der Waals surface area contributed by atoms with Crippen molar-refractivity contribution in [2.75, 3.05) is 18.4 Å². The van der Waals surface area contributed by atoms with E-state index in [9.17, 15) is 9.59 Å². The first-order valence-corrected chi connectivity index (χ1v) is 9.10. The van der Waals surface area contributed by atoms with Crippen LogP contribution in [0.3, 0.4) is 0 Å². The number of hydrogen-bond acceptors (Lipinski definition) is 3. The minimum Gasteiger partial charge on any atom is -0.339 e. The van der Waals surface area contributed by atoms with Crippen LogP contribution in [0.4, 0.5) is 5.69 Å².